The molecule has 0 aromatic heterocycles. The Balaban J connectivity index is 2.62. The van der Waals surface area contributed by atoms with Crippen LogP contribution in [-0.4, -0.2) is 45.2 Å². The Morgan fingerprint density at radius 3 is 2.62 bits per heavy atom. The number of nitrogens with one attached hydrogen (secondary N) is 2. The van der Waals surface area contributed by atoms with Gasteiger partial charge < -0.3 is 25.8 Å². The van der Waals surface area contributed by atoms with E-state index in [-0.39, 0.29) is 5.91 Å². The van der Waals surface area contributed by atoms with Crippen LogP contribution in [0.4, 0.5) is 5.69 Å². The summed E-state index contributed by atoms with van der Waals surface area (Å²) in [6, 6.07) is 4.07. The molecule has 4 N–H and O–H groups in total. The SMILES string of the molecule is COCCNC(=O)C(C)NC(=O)c1ccc(OC)cc1N. The maximum absolute atomic E-state index is 12.1. The van der Waals surface area contributed by atoms with Gasteiger partial charge in [-0.25, -0.2) is 0 Å². The molecule has 7 nitrogen and oxygen atoms in total. The van der Waals surface area contributed by atoms with Crippen molar-refractivity contribution in [2.24, 2.45) is 0 Å². The topological polar surface area (TPSA) is 103 Å². The zero-order valence-electron chi connectivity index (χ0n) is 12.4. The van der Waals surface area contributed by atoms with Crippen molar-refractivity contribution in [1.82, 2.24) is 10.6 Å². The number of carbonyl (C=O) groups is 2. The third-order valence-electron chi connectivity index (χ3n) is 2.85. The maximum Gasteiger partial charge on any atom is 0.254 e. The summed E-state index contributed by atoms with van der Waals surface area (Å²) < 4.78 is 9.85. The van der Waals surface area contributed by atoms with Crippen molar-refractivity contribution in [2.45, 2.75) is 13.0 Å². The van der Waals surface area contributed by atoms with Crippen molar-refractivity contribution in [1.29, 1.82) is 0 Å². The molecular formula is C14H21N3O4. The molecule has 0 bridgehead atoms. The number of hydrogen-bond acceptors (Lipinski definition) is 5. The molecule has 2 amide bonds. The smallest absolute Gasteiger partial charge is 0.254 e. The lowest BCUT2D eigenvalue weighted by Crippen LogP contribution is -2.45. The second kappa shape index (κ2) is 8.11. The zero-order valence-corrected chi connectivity index (χ0v) is 12.4. The van der Waals surface area contributed by atoms with Crippen LogP contribution in [-0.2, 0) is 9.53 Å². The Bertz CT molecular complexity index is 505. The van der Waals surface area contributed by atoms with E-state index in [0.717, 1.165) is 0 Å². The quantitative estimate of drug-likeness (QED) is 0.491. The highest BCUT2D eigenvalue weighted by Gasteiger charge is 2.17. The number of methoxy groups -OCH3 is 2. The average Bonchev–Trinajstić information content (AvgIpc) is 2.46. The van der Waals surface area contributed by atoms with E-state index in [0.29, 0.717) is 30.2 Å². The largest absolute Gasteiger partial charge is 0.497 e. The van der Waals surface area contributed by atoms with Crippen molar-refractivity contribution in [2.75, 3.05) is 33.1 Å². The van der Waals surface area contributed by atoms with Gasteiger partial charge in [0.1, 0.15) is 11.8 Å². The van der Waals surface area contributed by atoms with Crippen LogP contribution in [0.1, 0.15) is 17.3 Å². The van der Waals surface area contributed by atoms with Gasteiger partial charge in [-0.2, -0.15) is 0 Å². The molecule has 0 aliphatic rings. The molecule has 0 radical (unpaired) electrons. The van der Waals surface area contributed by atoms with Crippen LogP contribution < -0.4 is 21.1 Å². The van der Waals surface area contributed by atoms with Crippen molar-refractivity contribution in [3.8, 4) is 5.75 Å². The second-order valence-corrected chi connectivity index (χ2v) is 4.43. The number of benzene rings is 1. The maximum atomic E-state index is 12.1. The number of anilines is 1. The number of rotatable bonds is 7. The highest BCUT2D eigenvalue weighted by atomic mass is 16.5. The van der Waals surface area contributed by atoms with Crippen LogP contribution in [0.25, 0.3) is 0 Å². The number of hydrogen-bond donors (Lipinski definition) is 3. The van der Waals surface area contributed by atoms with Gasteiger partial charge in [-0.15, -0.1) is 0 Å². The van der Waals surface area contributed by atoms with E-state index in [1.165, 1.54) is 7.11 Å². The summed E-state index contributed by atoms with van der Waals surface area (Å²) in [4.78, 5) is 23.8. The molecule has 0 aliphatic heterocycles. The van der Waals surface area contributed by atoms with Gasteiger partial charge in [0.2, 0.25) is 5.91 Å². The standard InChI is InChI=1S/C14H21N3O4/c1-9(13(18)16-6-7-20-2)17-14(19)11-5-4-10(21-3)8-12(11)15/h4-5,8-9H,6-7,15H2,1-3H3,(H,16,18)(H,17,19). The van der Waals surface area contributed by atoms with Gasteiger partial charge in [-0.3, -0.25) is 9.59 Å². The normalized spacial score (nSPS) is 11.6. The van der Waals surface area contributed by atoms with E-state index in [1.54, 1.807) is 32.2 Å². The molecular weight excluding hydrogens is 274 g/mol. The van der Waals surface area contributed by atoms with Gasteiger partial charge in [0.25, 0.3) is 5.91 Å². The molecule has 1 aromatic carbocycles. The lowest BCUT2D eigenvalue weighted by Gasteiger charge is -2.15. The van der Waals surface area contributed by atoms with Gasteiger partial charge in [0, 0.05) is 25.4 Å². The predicted octanol–water partition coefficient (Wildman–Crippen LogP) is 0.158. The van der Waals surface area contributed by atoms with E-state index >= 15 is 0 Å². The first kappa shape index (κ1) is 16.8. The molecule has 116 valence electrons. The molecule has 1 unspecified atom stereocenters. The van der Waals surface area contributed by atoms with E-state index in [1.807, 2.05) is 0 Å². The molecule has 1 rings (SSSR count). The monoisotopic (exact) mass is 295 g/mol. The number of nitrogens with two attached hydrogens (primary N) is 1. The fourth-order valence-corrected chi connectivity index (χ4v) is 1.64. The minimum absolute atomic E-state index is 0.285. The van der Waals surface area contributed by atoms with Crippen LogP contribution in [0.3, 0.4) is 0 Å². The van der Waals surface area contributed by atoms with Crippen LogP contribution in [0.2, 0.25) is 0 Å². The van der Waals surface area contributed by atoms with Crippen molar-refractivity contribution < 1.29 is 19.1 Å². The first-order valence-electron chi connectivity index (χ1n) is 6.50. The van der Waals surface area contributed by atoms with Gasteiger partial charge in [0.15, 0.2) is 0 Å². The molecule has 0 fully saturated rings. The van der Waals surface area contributed by atoms with E-state index in [9.17, 15) is 9.59 Å². The lowest BCUT2D eigenvalue weighted by molar-refractivity contribution is -0.122. The highest BCUT2D eigenvalue weighted by Crippen LogP contribution is 2.19. The third-order valence-corrected chi connectivity index (χ3v) is 2.85. The molecule has 0 spiro atoms. The molecule has 0 saturated carbocycles. The Hall–Kier alpha value is -2.28. The fourth-order valence-electron chi connectivity index (χ4n) is 1.64. The Kier molecular flexibility index (Phi) is 6.48. The Morgan fingerprint density at radius 1 is 1.33 bits per heavy atom. The summed E-state index contributed by atoms with van der Waals surface area (Å²) in [7, 11) is 3.06. The second-order valence-electron chi connectivity index (χ2n) is 4.43. The minimum Gasteiger partial charge on any atom is -0.497 e. The van der Waals surface area contributed by atoms with Gasteiger partial charge in [-0.1, -0.05) is 0 Å². The number of amides is 2. The summed E-state index contributed by atoms with van der Waals surface area (Å²) in [5.74, 6) is -0.133. The third kappa shape index (κ3) is 4.96. The Labute approximate surface area is 123 Å². The Morgan fingerprint density at radius 2 is 2.05 bits per heavy atom. The van der Waals surface area contributed by atoms with Gasteiger partial charge in [0.05, 0.1) is 19.3 Å². The first-order chi connectivity index (χ1) is 9.99. The number of carbonyl (C=O) groups excluding carboxylic acids is 2. The first-order valence-corrected chi connectivity index (χ1v) is 6.50. The summed E-state index contributed by atoms with van der Waals surface area (Å²) in [5, 5.41) is 5.23. The summed E-state index contributed by atoms with van der Waals surface area (Å²) in [5.41, 5.74) is 6.38. The van der Waals surface area contributed by atoms with Crippen molar-refractivity contribution in [3.05, 3.63) is 23.8 Å². The zero-order chi connectivity index (χ0) is 15.8. The lowest BCUT2D eigenvalue weighted by atomic mass is 10.1. The highest BCUT2D eigenvalue weighted by molar-refractivity contribution is 6.01. The van der Waals surface area contributed by atoms with Gasteiger partial charge >= 0.3 is 0 Å². The average molecular weight is 295 g/mol. The molecule has 0 aliphatic carbocycles. The molecule has 7 heteroatoms. The van der Waals surface area contributed by atoms with Crippen molar-refractivity contribution in [3.63, 3.8) is 0 Å². The van der Waals surface area contributed by atoms with Crippen LogP contribution in [0, 0.1) is 0 Å². The summed E-state index contributed by atoms with van der Waals surface area (Å²) in [6.07, 6.45) is 0. The summed E-state index contributed by atoms with van der Waals surface area (Å²) >= 11 is 0. The van der Waals surface area contributed by atoms with E-state index in [4.69, 9.17) is 15.2 Å². The molecule has 1 aromatic rings. The van der Waals surface area contributed by atoms with Crippen LogP contribution in [0.5, 0.6) is 5.75 Å². The minimum atomic E-state index is -0.671. The molecule has 1 atom stereocenters. The van der Waals surface area contributed by atoms with Gasteiger partial charge in [-0.05, 0) is 19.1 Å². The molecule has 21 heavy (non-hydrogen) atoms. The van der Waals surface area contributed by atoms with Crippen LogP contribution in [0.15, 0.2) is 18.2 Å². The van der Waals surface area contributed by atoms with E-state index in [2.05, 4.69) is 10.6 Å². The van der Waals surface area contributed by atoms with Crippen molar-refractivity contribution >= 4 is 17.5 Å². The van der Waals surface area contributed by atoms with Crippen LogP contribution >= 0.6 is 0 Å². The number of ether oxygens (including phenoxy) is 2. The summed E-state index contributed by atoms with van der Waals surface area (Å²) in [6.45, 7) is 2.40. The molecule has 0 saturated heterocycles. The number of nitrogen functional groups attached to an aromatic ring is 1. The fraction of sp³-hybridized carbons (Fsp3) is 0.429. The molecule has 0 heterocycles. The predicted molar refractivity (Wildman–Crippen MR) is 79.2 cm³/mol. The van der Waals surface area contributed by atoms with E-state index < -0.39 is 11.9 Å².